The van der Waals surface area contributed by atoms with Crippen LogP contribution in [0.1, 0.15) is 48.1 Å². The number of furan rings is 1. The van der Waals surface area contributed by atoms with Crippen molar-refractivity contribution < 1.29 is 17.6 Å². The molecule has 3 rings (SSSR count). The Bertz CT molecular complexity index is 934. The average molecular weight is 409 g/mol. The van der Waals surface area contributed by atoms with Gasteiger partial charge in [-0.3, -0.25) is 14.4 Å². The van der Waals surface area contributed by atoms with Crippen molar-refractivity contribution in [2.24, 2.45) is 0 Å². The maximum atomic E-state index is 12.3. The summed E-state index contributed by atoms with van der Waals surface area (Å²) in [6, 6.07) is 3.34. The van der Waals surface area contributed by atoms with Gasteiger partial charge in [0, 0.05) is 17.8 Å². The number of sulfone groups is 1. The van der Waals surface area contributed by atoms with Crippen LogP contribution in [0.3, 0.4) is 0 Å². The molecule has 2 aromatic heterocycles. The van der Waals surface area contributed by atoms with Crippen LogP contribution in [0.4, 0.5) is 0 Å². The summed E-state index contributed by atoms with van der Waals surface area (Å²) in [5.41, 5.74) is 2.88. The largest absolute Gasteiger partial charge is 0.467 e. The van der Waals surface area contributed by atoms with Crippen molar-refractivity contribution in [1.29, 1.82) is 0 Å². The lowest BCUT2D eigenvalue weighted by Crippen LogP contribution is -2.36. The Morgan fingerprint density at radius 2 is 2.21 bits per heavy atom. The number of carbonyl (C=O) groups is 1. The zero-order valence-corrected chi connectivity index (χ0v) is 17.6. The molecule has 0 spiro atoms. The van der Waals surface area contributed by atoms with Crippen LogP contribution in [0.15, 0.2) is 22.8 Å². The van der Waals surface area contributed by atoms with E-state index in [1.807, 2.05) is 43.5 Å². The highest BCUT2D eigenvalue weighted by molar-refractivity contribution is 7.91. The lowest BCUT2D eigenvalue weighted by molar-refractivity contribution is -0.122. The number of nitrogens with one attached hydrogen (secondary N) is 1. The Hall–Kier alpha value is -2.13. The number of amides is 1. The van der Waals surface area contributed by atoms with E-state index >= 15 is 0 Å². The number of aryl methyl sites for hydroxylation is 1. The first-order valence-electron chi connectivity index (χ1n) is 9.42. The minimum Gasteiger partial charge on any atom is -0.467 e. The van der Waals surface area contributed by atoms with E-state index in [-0.39, 0.29) is 36.0 Å². The lowest BCUT2D eigenvalue weighted by Gasteiger charge is -2.19. The first-order chi connectivity index (χ1) is 13.2. The summed E-state index contributed by atoms with van der Waals surface area (Å²) in [6.07, 6.45) is 2.19. The third kappa shape index (κ3) is 4.64. The molecule has 9 heteroatoms. The quantitative estimate of drug-likeness (QED) is 0.750. The molecule has 0 unspecified atom stereocenters. The maximum absolute atomic E-state index is 12.3. The van der Waals surface area contributed by atoms with Gasteiger partial charge in [-0.2, -0.15) is 5.10 Å². The Balaban J connectivity index is 1.61. The second-order valence-electron chi connectivity index (χ2n) is 7.63. The Kier molecular flexibility index (Phi) is 5.95. The molecule has 0 aliphatic carbocycles. The van der Waals surface area contributed by atoms with E-state index < -0.39 is 9.84 Å². The van der Waals surface area contributed by atoms with Crippen LogP contribution >= 0.6 is 0 Å². The molecule has 154 valence electrons. The fourth-order valence-electron chi connectivity index (χ4n) is 3.72. The van der Waals surface area contributed by atoms with E-state index in [9.17, 15) is 13.2 Å². The Morgan fingerprint density at radius 3 is 2.82 bits per heavy atom. The summed E-state index contributed by atoms with van der Waals surface area (Å²) >= 11 is 0. The first kappa shape index (κ1) is 20.6. The van der Waals surface area contributed by atoms with Crippen molar-refractivity contribution in [3.8, 4) is 0 Å². The molecule has 1 saturated heterocycles. The lowest BCUT2D eigenvalue weighted by atomic mass is 10.1. The van der Waals surface area contributed by atoms with Crippen molar-refractivity contribution in [3.63, 3.8) is 0 Å². The smallest absolute Gasteiger partial charge is 0.234 e. The van der Waals surface area contributed by atoms with E-state index in [1.54, 1.807) is 12.3 Å². The van der Waals surface area contributed by atoms with E-state index in [0.29, 0.717) is 13.0 Å². The molecule has 0 bridgehead atoms. The minimum absolute atomic E-state index is 0.0871. The number of nitrogens with zero attached hydrogens (tertiary/aromatic N) is 3. The van der Waals surface area contributed by atoms with Gasteiger partial charge in [0.2, 0.25) is 5.91 Å². The molecule has 2 atom stereocenters. The van der Waals surface area contributed by atoms with Crippen LogP contribution in [0.2, 0.25) is 0 Å². The van der Waals surface area contributed by atoms with E-state index in [1.165, 1.54) is 0 Å². The molecule has 1 amide bonds. The van der Waals surface area contributed by atoms with Gasteiger partial charge in [-0.1, -0.05) is 0 Å². The van der Waals surface area contributed by atoms with Gasteiger partial charge in [0.05, 0.1) is 42.1 Å². The molecule has 28 heavy (non-hydrogen) atoms. The van der Waals surface area contributed by atoms with Crippen LogP contribution in [0.5, 0.6) is 0 Å². The Labute approximate surface area is 165 Å². The number of hydrogen-bond donors (Lipinski definition) is 1. The summed E-state index contributed by atoms with van der Waals surface area (Å²) in [7, 11) is -1.08. The predicted molar refractivity (Wildman–Crippen MR) is 106 cm³/mol. The van der Waals surface area contributed by atoms with Crippen molar-refractivity contribution in [1.82, 2.24) is 20.0 Å². The summed E-state index contributed by atoms with van der Waals surface area (Å²) in [6.45, 7) is 6.58. The monoisotopic (exact) mass is 408 g/mol. The third-order valence-corrected chi connectivity index (χ3v) is 6.97. The first-order valence-corrected chi connectivity index (χ1v) is 11.2. The standard InChI is InChI=1S/C19H28N4O4S/c1-13-17(15(3)23(21-13)16-7-9-28(25,26)12-16)10-22(4)11-19(24)20-14(2)18-6-5-8-27-18/h5-6,8,14,16H,7,9-12H2,1-4H3,(H,20,24)/t14-,16-/m0/s1. The van der Waals surface area contributed by atoms with Gasteiger partial charge in [-0.05, 0) is 46.4 Å². The molecule has 0 saturated carbocycles. The fraction of sp³-hybridized carbons (Fsp3) is 0.579. The Morgan fingerprint density at radius 1 is 1.46 bits per heavy atom. The van der Waals surface area contributed by atoms with E-state index in [0.717, 1.165) is 22.7 Å². The average Bonchev–Trinajstić information content (AvgIpc) is 3.31. The second-order valence-corrected chi connectivity index (χ2v) is 9.86. The molecule has 1 aliphatic rings. The molecule has 0 aromatic carbocycles. The number of carbonyl (C=O) groups excluding carboxylic acids is 1. The molecular weight excluding hydrogens is 380 g/mol. The summed E-state index contributed by atoms with van der Waals surface area (Å²) in [5, 5.41) is 7.51. The second kappa shape index (κ2) is 8.08. The normalized spacial score (nSPS) is 19.8. The molecule has 1 fully saturated rings. The SMILES string of the molecule is Cc1nn([C@H]2CCS(=O)(=O)C2)c(C)c1CN(C)CC(=O)N[C@@H](C)c1ccco1. The van der Waals surface area contributed by atoms with Crippen molar-refractivity contribution in [3.05, 3.63) is 41.1 Å². The zero-order valence-electron chi connectivity index (χ0n) is 16.8. The number of likely N-dealkylation sites (N-methyl/N-ethyl adjacent to an activating group) is 1. The fourth-order valence-corrected chi connectivity index (χ4v) is 5.41. The summed E-state index contributed by atoms with van der Waals surface area (Å²) < 4.78 is 30.7. The van der Waals surface area contributed by atoms with Crippen molar-refractivity contribution in [2.45, 2.75) is 45.8 Å². The number of aromatic nitrogens is 2. The molecule has 1 aliphatic heterocycles. The molecular formula is C19H28N4O4S. The van der Waals surface area contributed by atoms with Gasteiger partial charge in [-0.15, -0.1) is 0 Å². The van der Waals surface area contributed by atoms with Crippen molar-refractivity contribution in [2.75, 3.05) is 25.1 Å². The molecule has 2 aromatic rings. The molecule has 3 heterocycles. The maximum Gasteiger partial charge on any atom is 0.234 e. The van der Waals surface area contributed by atoms with Gasteiger partial charge < -0.3 is 9.73 Å². The highest BCUT2D eigenvalue weighted by atomic mass is 32.2. The highest BCUT2D eigenvalue weighted by Gasteiger charge is 2.31. The topological polar surface area (TPSA) is 97.4 Å². The van der Waals surface area contributed by atoms with Crippen LogP contribution in [-0.2, 0) is 21.2 Å². The molecule has 0 radical (unpaired) electrons. The van der Waals surface area contributed by atoms with Crippen LogP contribution in [0, 0.1) is 13.8 Å². The van der Waals surface area contributed by atoms with Gasteiger partial charge in [0.25, 0.3) is 0 Å². The van der Waals surface area contributed by atoms with Crippen LogP contribution < -0.4 is 5.32 Å². The van der Waals surface area contributed by atoms with Crippen LogP contribution in [0.25, 0.3) is 0 Å². The van der Waals surface area contributed by atoms with Crippen molar-refractivity contribution >= 4 is 15.7 Å². The van der Waals surface area contributed by atoms with E-state index in [2.05, 4.69) is 10.4 Å². The number of rotatable bonds is 7. The summed E-state index contributed by atoms with van der Waals surface area (Å²) in [5.74, 6) is 1.00. The molecule has 1 N–H and O–H groups in total. The third-order valence-electron chi connectivity index (χ3n) is 5.22. The summed E-state index contributed by atoms with van der Waals surface area (Å²) in [4.78, 5) is 14.3. The predicted octanol–water partition coefficient (Wildman–Crippen LogP) is 1.76. The van der Waals surface area contributed by atoms with Gasteiger partial charge in [-0.25, -0.2) is 8.42 Å². The van der Waals surface area contributed by atoms with Gasteiger partial charge in [0.1, 0.15) is 5.76 Å². The zero-order chi connectivity index (χ0) is 20.5. The van der Waals surface area contributed by atoms with E-state index in [4.69, 9.17) is 4.42 Å². The van der Waals surface area contributed by atoms with Crippen LogP contribution in [-0.4, -0.2) is 54.1 Å². The minimum atomic E-state index is -2.97. The van der Waals surface area contributed by atoms with Gasteiger partial charge >= 0.3 is 0 Å². The highest BCUT2D eigenvalue weighted by Crippen LogP contribution is 2.27. The number of hydrogen-bond acceptors (Lipinski definition) is 6. The van der Waals surface area contributed by atoms with Gasteiger partial charge in [0.15, 0.2) is 9.84 Å². The molecule has 8 nitrogen and oxygen atoms in total.